The molecule has 5 rings (SSSR count). The molecular formula is C49H56O23. The lowest BCUT2D eigenvalue weighted by atomic mass is 9.97. The molecule has 0 saturated carbocycles. The molecule has 0 spiro atoms. The van der Waals surface area contributed by atoms with Gasteiger partial charge >= 0.3 is 47.8 Å². The van der Waals surface area contributed by atoms with Gasteiger partial charge in [-0.1, -0.05) is 11.6 Å². The molecule has 2 aliphatic rings. The fourth-order valence-corrected chi connectivity index (χ4v) is 7.81. The molecule has 0 radical (unpaired) electrons. The van der Waals surface area contributed by atoms with Crippen LogP contribution in [-0.2, 0) is 87.4 Å². The smallest absolute Gasteiger partial charge is 0.308 e. The predicted molar refractivity (Wildman–Crippen MR) is 243 cm³/mol. The zero-order valence-electron chi connectivity index (χ0n) is 41.5. The fourth-order valence-electron chi connectivity index (χ4n) is 7.81. The van der Waals surface area contributed by atoms with Crippen molar-refractivity contribution in [3.05, 3.63) is 57.8 Å². The van der Waals surface area contributed by atoms with E-state index < -0.39 is 138 Å². The monoisotopic (exact) mass is 1010 g/mol. The molecule has 23 heteroatoms. The van der Waals surface area contributed by atoms with E-state index in [2.05, 4.69) is 0 Å². The maximum absolute atomic E-state index is 15.4. The van der Waals surface area contributed by atoms with Crippen LogP contribution < -0.4 is 24.4 Å². The van der Waals surface area contributed by atoms with E-state index in [1.165, 1.54) is 26.2 Å². The van der Waals surface area contributed by atoms with Gasteiger partial charge in [0.25, 0.3) is 0 Å². The van der Waals surface area contributed by atoms with Crippen LogP contribution in [0.4, 0.5) is 0 Å². The van der Waals surface area contributed by atoms with Gasteiger partial charge in [-0.05, 0) is 51.5 Å². The van der Waals surface area contributed by atoms with Gasteiger partial charge in [0, 0.05) is 72.6 Å². The third kappa shape index (κ3) is 13.9. The number of hydrogen-bond donors (Lipinski definition) is 0. The molecule has 10 atom stereocenters. The van der Waals surface area contributed by atoms with Gasteiger partial charge in [0.2, 0.25) is 36.0 Å². The molecule has 2 aromatic carbocycles. The number of fused-ring (bicyclic) bond motifs is 1. The number of benzene rings is 2. The van der Waals surface area contributed by atoms with E-state index in [9.17, 15) is 38.4 Å². The summed E-state index contributed by atoms with van der Waals surface area (Å²) in [6.07, 6.45) is -14.0. The van der Waals surface area contributed by atoms with Crippen LogP contribution in [0.25, 0.3) is 22.3 Å². The van der Waals surface area contributed by atoms with Crippen molar-refractivity contribution in [2.75, 3.05) is 13.7 Å². The van der Waals surface area contributed by atoms with Gasteiger partial charge in [-0.3, -0.25) is 43.2 Å². The molecule has 3 heterocycles. The Morgan fingerprint density at radius 1 is 0.583 bits per heavy atom. The van der Waals surface area contributed by atoms with Crippen LogP contribution in [0.5, 0.6) is 23.0 Å². The fraction of sp³-hybridized carbons (Fsp3) is 0.490. The Morgan fingerprint density at radius 3 is 1.58 bits per heavy atom. The van der Waals surface area contributed by atoms with Crippen molar-refractivity contribution >= 4 is 58.7 Å². The molecule has 390 valence electrons. The Labute approximate surface area is 412 Å². The average molecular weight is 1010 g/mol. The molecule has 0 N–H and O–H groups in total. The summed E-state index contributed by atoms with van der Waals surface area (Å²) in [7, 11) is 1.43. The zero-order valence-corrected chi connectivity index (χ0v) is 41.5. The second kappa shape index (κ2) is 24.1. The Kier molecular flexibility index (Phi) is 18.5. The molecule has 0 aliphatic carbocycles. The van der Waals surface area contributed by atoms with Crippen molar-refractivity contribution < 1.29 is 104 Å². The van der Waals surface area contributed by atoms with Crippen LogP contribution in [-0.4, -0.2) is 123 Å². The first kappa shape index (κ1) is 55.4. The van der Waals surface area contributed by atoms with E-state index in [4.69, 9.17) is 66.0 Å². The minimum Gasteiger partial charge on any atom is -0.497 e. The quantitative estimate of drug-likeness (QED) is 0.0789. The highest BCUT2D eigenvalue weighted by atomic mass is 16.7. The van der Waals surface area contributed by atoms with E-state index in [0.29, 0.717) is 5.75 Å². The standard InChI is InChI=1S/C49H56O23/c1-21(2)13-18-33-34(69-49-47(68-30(11)57)45(66-28(9)55)42(64-26(7)53)36(70-49)20-60-23(4)50)19-35(62-24(5)51)37-38(58)43(40(71-41(33)37)31-14-16-32(59-12)17-15-31)72-48-46(67-29(10)56)44(65-27(8)54)39(22(3)61-48)63-25(6)52/h13-17,19,22,36,39,42,44-49H,18,20H2,1-12H3/t22-,36+,39-,42+,44+,45-,46+,47+,48-,49+/m0/s1. The molecule has 72 heavy (non-hydrogen) atoms. The third-order valence-electron chi connectivity index (χ3n) is 10.5. The van der Waals surface area contributed by atoms with Gasteiger partial charge < -0.3 is 66.0 Å². The van der Waals surface area contributed by atoms with Crippen molar-refractivity contribution in [3.8, 4) is 34.3 Å². The summed E-state index contributed by atoms with van der Waals surface area (Å²) in [5, 5.41) is -0.411. The number of allylic oxidation sites excluding steroid dienone is 2. The summed E-state index contributed by atoms with van der Waals surface area (Å²) >= 11 is 0. The third-order valence-corrected chi connectivity index (χ3v) is 10.5. The van der Waals surface area contributed by atoms with Gasteiger partial charge in [-0.15, -0.1) is 0 Å². The van der Waals surface area contributed by atoms with E-state index >= 15 is 4.79 Å². The van der Waals surface area contributed by atoms with E-state index in [0.717, 1.165) is 67.0 Å². The van der Waals surface area contributed by atoms with Crippen molar-refractivity contribution in [1.82, 2.24) is 0 Å². The molecule has 2 saturated heterocycles. The number of carbonyl (C=O) groups is 8. The predicted octanol–water partition coefficient (Wildman–Crippen LogP) is 4.28. The summed E-state index contributed by atoms with van der Waals surface area (Å²) in [4.78, 5) is 116. The highest BCUT2D eigenvalue weighted by Crippen LogP contribution is 2.43. The van der Waals surface area contributed by atoms with Crippen LogP contribution in [0, 0.1) is 0 Å². The minimum absolute atomic E-state index is 0.0767. The number of ether oxygens (including phenoxy) is 13. The Bertz CT molecular complexity index is 2640. The van der Waals surface area contributed by atoms with E-state index in [1.807, 2.05) is 0 Å². The number of esters is 8. The molecule has 2 fully saturated rings. The normalized spacial score (nSPS) is 23.5. The molecule has 0 bridgehead atoms. The number of methoxy groups -OCH3 is 1. The van der Waals surface area contributed by atoms with Gasteiger partial charge in [0.1, 0.15) is 40.9 Å². The summed E-state index contributed by atoms with van der Waals surface area (Å²) in [5.41, 5.74) is -0.248. The van der Waals surface area contributed by atoms with Crippen LogP contribution >= 0.6 is 0 Å². The second-order valence-corrected chi connectivity index (χ2v) is 16.7. The van der Waals surface area contributed by atoms with Gasteiger partial charge in [-0.25, -0.2) is 0 Å². The van der Waals surface area contributed by atoms with Crippen LogP contribution in [0.2, 0.25) is 0 Å². The first-order valence-corrected chi connectivity index (χ1v) is 22.3. The second-order valence-electron chi connectivity index (χ2n) is 16.7. The highest BCUT2D eigenvalue weighted by Gasteiger charge is 2.54. The van der Waals surface area contributed by atoms with Crippen LogP contribution in [0.3, 0.4) is 0 Å². The Balaban J connectivity index is 1.85. The van der Waals surface area contributed by atoms with Gasteiger partial charge in [-0.2, -0.15) is 0 Å². The first-order valence-electron chi connectivity index (χ1n) is 22.3. The lowest BCUT2D eigenvalue weighted by Gasteiger charge is -2.44. The summed E-state index contributed by atoms with van der Waals surface area (Å²) in [6, 6.07) is 7.26. The lowest BCUT2D eigenvalue weighted by Crippen LogP contribution is -2.63. The highest BCUT2D eigenvalue weighted by molar-refractivity contribution is 5.93. The maximum Gasteiger partial charge on any atom is 0.308 e. The molecular weight excluding hydrogens is 957 g/mol. The van der Waals surface area contributed by atoms with Crippen molar-refractivity contribution in [3.63, 3.8) is 0 Å². The minimum atomic E-state index is -1.81. The summed E-state index contributed by atoms with van der Waals surface area (Å²) in [5.74, 6) is -8.17. The SMILES string of the molecule is COc1ccc(-c2oc3c(CC=C(C)C)c(O[C@@H]4O[C@H](COC(C)=O)[C@@H](OC(C)=O)[C@H](OC(C)=O)[C@H]4OC(C)=O)cc(OC(C)=O)c3c(=O)c2O[C@@H]2O[C@@H](C)[C@H](OC(C)=O)[C@@H](OC(C)=O)[C@H]2OC(C)=O)cc1. The summed E-state index contributed by atoms with van der Waals surface area (Å²) < 4.78 is 81.6. The molecule has 1 aromatic heterocycles. The number of carbonyl (C=O) groups excluding carboxylic acids is 8. The lowest BCUT2D eigenvalue weighted by molar-refractivity contribution is -0.288. The Morgan fingerprint density at radius 2 is 1.08 bits per heavy atom. The van der Waals surface area contributed by atoms with Crippen molar-refractivity contribution in [1.29, 1.82) is 0 Å². The Hall–Kier alpha value is -7.53. The largest absolute Gasteiger partial charge is 0.497 e. The molecule has 2 aliphatic heterocycles. The maximum atomic E-state index is 15.4. The van der Waals surface area contributed by atoms with Crippen molar-refractivity contribution in [2.24, 2.45) is 0 Å². The van der Waals surface area contributed by atoms with Crippen molar-refractivity contribution in [2.45, 2.75) is 144 Å². The van der Waals surface area contributed by atoms with Crippen LogP contribution in [0.1, 0.15) is 81.7 Å². The van der Waals surface area contributed by atoms with E-state index in [1.54, 1.807) is 32.1 Å². The van der Waals surface area contributed by atoms with Gasteiger partial charge in [0.05, 0.1) is 13.2 Å². The molecule has 3 aromatic rings. The zero-order chi connectivity index (χ0) is 53.3. The topological polar surface area (TPSA) is 287 Å². The average Bonchev–Trinajstić information content (AvgIpc) is 3.26. The number of rotatable bonds is 17. The molecule has 0 unspecified atom stereocenters. The molecule has 23 nitrogen and oxygen atoms in total. The number of hydrogen-bond acceptors (Lipinski definition) is 23. The van der Waals surface area contributed by atoms with E-state index in [-0.39, 0.29) is 34.6 Å². The first-order chi connectivity index (χ1) is 33.9. The molecule has 0 amide bonds. The summed E-state index contributed by atoms with van der Waals surface area (Å²) in [6.45, 7) is 13.0. The van der Waals surface area contributed by atoms with Gasteiger partial charge in [0.15, 0.2) is 30.2 Å². The van der Waals surface area contributed by atoms with Crippen LogP contribution in [0.15, 0.2) is 51.2 Å².